The zero-order chi connectivity index (χ0) is 14.7. The minimum absolute atomic E-state index is 0.00803. The molecular formula is C15H18ClNO3. The maximum Gasteiger partial charge on any atom is 0.306 e. The number of aliphatic carboxylic acids is 1. The lowest BCUT2D eigenvalue weighted by Gasteiger charge is -2.21. The summed E-state index contributed by atoms with van der Waals surface area (Å²) >= 11 is 6.08. The number of carboxylic acid groups (broad SMARTS) is 1. The Morgan fingerprint density at radius 2 is 1.95 bits per heavy atom. The van der Waals surface area contributed by atoms with Gasteiger partial charge in [-0.3, -0.25) is 9.59 Å². The summed E-state index contributed by atoms with van der Waals surface area (Å²) in [7, 11) is 1.74. The van der Waals surface area contributed by atoms with Crippen molar-refractivity contribution in [3.05, 3.63) is 34.9 Å². The second-order valence-corrected chi connectivity index (χ2v) is 5.74. The Balaban J connectivity index is 1.96. The molecule has 2 atom stereocenters. The highest BCUT2D eigenvalue weighted by molar-refractivity contribution is 6.31. The SMILES string of the molecule is CN(Cc1ccccc1Cl)C(=O)[C@@H]1CC[C@H](C(=O)O)C1. The van der Waals surface area contributed by atoms with Crippen LogP contribution in [0.25, 0.3) is 0 Å². The van der Waals surface area contributed by atoms with Crippen LogP contribution >= 0.6 is 11.6 Å². The average Bonchev–Trinajstić information content (AvgIpc) is 2.90. The number of benzene rings is 1. The van der Waals surface area contributed by atoms with Crippen LogP contribution in [0.3, 0.4) is 0 Å². The Morgan fingerprint density at radius 1 is 1.30 bits per heavy atom. The van der Waals surface area contributed by atoms with Crippen molar-refractivity contribution in [1.82, 2.24) is 4.90 Å². The fourth-order valence-electron chi connectivity index (χ4n) is 2.70. The first kappa shape index (κ1) is 14.9. The smallest absolute Gasteiger partial charge is 0.306 e. The van der Waals surface area contributed by atoms with Gasteiger partial charge in [-0.2, -0.15) is 0 Å². The molecule has 108 valence electrons. The summed E-state index contributed by atoms with van der Waals surface area (Å²) in [5, 5.41) is 9.62. The van der Waals surface area contributed by atoms with E-state index in [1.165, 1.54) is 0 Å². The predicted molar refractivity (Wildman–Crippen MR) is 76.4 cm³/mol. The van der Waals surface area contributed by atoms with Gasteiger partial charge in [-0.05, 0) is 30.9 Å². The van der Waals surface area contributed by atoms with Gasteiger partial charge in [0.2, 0.25) is 5.91 Å². The van der Waals surface area contributed by atoms with E-state index < -0.39 is 5.97 Å². The molecule has 1 N–H and O–H groups in total. The van der Waals surface area contributed by atoms with E-state index in [-0.39, 0.29) is 17.7 Å². The van der Waals surface area contributed by atoms with Crippen LogP contribution in [-0.2, 0) is 16.1 Å². The molecule has 0 unspecified atom stereocenters. The third-order valence-electron chi connectivity index (χ3n) is 3.87. The number of hydrogen-bond acceptors (Lipinski definition) is 2. The predicted octanol–water partition coefficient (Wildman–Crippen LogP) is 2.80. The molecule has 1 aromatic rings. The highest BCUT2D eigenvalue weighted by Crippen LogP contribution is 2.32. The number of hydrogen-bond donors (Lipinski definition) is 1. The molecule has 4 nitrogen and oxygen atoms in total. The molecule has 0 aliphatic heterocycles. The normalized spacial score (nSPS) is 21.7. The fraction of sp³-hybridized carbons (Fsp3) is 0.467. The number of rotatable bonds is 4. The zero-order valence-corrected chi connectivity index (χ0v) is 12.1. The first-order valence-corrected chi connectivity index (χ1v) is 7.08. The van der Waals surface area contributed by atoms with Gasteiger partial charge in [0.05, 0.1) is 5.92 Å². The quantitative estimate of drug-likeness (QED) is 0.929. The van der Waals surface area contributed by atoms with Crippen molar-refractivity contribution in [1.29, 1.82) is 0 Å². The molecule has 20 heavy (non-hydrogen) atoms. The Morgan fingerprint density at radius 3 is 2.55 bits per heavy atom. The standard InChI is InChI=1S/C15H18ClNO3/c1-17(9-12-4-2-3-5-13(12)16)14(18)10-6-7-11(8-10)15(19)20/h2-5,10-11H,6-9H2,1H3,(H,19,20)/t10-,11+/m1/s1. The highest BCUT2D eigenvalue weighted by Gasteiger charge is 2.35. The summed E-state index contributed by atoms with van der Waals surface area (Å²) in [5.74, 6) is -1.34. The molecule has 1 aliphatic rings. The average molecular weight is 296 g/mol. The van der Waals surface area contributed by atoms with E-state index >= 15 is 0 Å². The van der Waals surface area contributed by atoms with Gasteiger partial charge < -0.3 is 10.0 Å². The molecular weight excluding hydrogens is 278 g/mol. The number of carbonyl (C=O) groups excluding carboxylic acids is 1. The summed E-state index contributed by atoms with van der Waals surface area (Å²) in [5.41, 5.74) is 0.901. The first-order chi connectivity index (χ1) is 9.49. The molecule has 5 heteroatoms. The number of nitrogens with zero attached hydrogens (tertiary/aromatic N) is 1. The Bertz CT molecular complexity index is 518. The van der Waals surface area contributed by atoms with Crippen LogP contribution in [-0.4, -0.2) is 28.9 Å². The molecule has 0 radical (unpaired) electrons. The Hall–Kier alpha value is -1.55. The first-order valence-electron chi connectivity index (χ1n) is 6.70. The maximum atomic E-state index is 12.3. The van der Waals surface area contributed by atoms with Gasteiger partial charge in [0.1, 0.15) is 0 Å². The van der Waals surface area contributed by atoms with Crippen molar-refractivity contribution in [3.63, 3.8) is 0 Å². The Labute approximate surface area is 123 Å². The van der Waals surface area contributed by atoms with Gasteiger partial charge in [-0.25, -0.2) is 0 Å². The number of carboxylic acids is 1. The molecule has 1 aliphatic carbocycles. The topological polar surface area (TPSA) is 57.6 Å². The van der Waals surface area contributed by atoms with Crippen LogP contribution in [0.2, 0.25) is 5.02 Å². The summed E-state index contributed by atoms with van der Waals surface area (Å²) in [6.45, 7) is 0.451. The maximum absolute atomic E-state index is 12.3. The lowest BCUT2D eigenvalue weighted by Crippen LogP contribution is -2.31. The molecule has 1 amide bonds. The summed E-state index contributed by atoms with van der Waals surface area (Å²) in [4.78, 5) is 24.9. The van der Waals surface area contributed by atoms with E-state index in [1.54, 1.807) is 18.0 Å². The van der Waals surface area contributed by atoms with Crippen LogP contribution in [0.1, 0.15) is 24.8 Å². The monoisotopic (exact) mass is 295 g/mol. The molecule has 0 bridgehead atoms. The van der Waals surface area contributed by atoms with Crippen LogP contribution in [0.4, 0.5) is 0 Å². The van der Waals surface area contributed by atoms with Gasteiger partial charge in [0.25, 0.3) is 0 Å². The largest absolute Gasteiger partial charge is 0.481 e. The molecule has 0 aromatic heterocycles. The van der Waals surface area contributed by atoms with Crippen LogP contribution in [0.5, 0.6) is 0 Å². The van der Waals surface area contributed by atoms with Crippen molar-refractivity contribution >= 4 is 23.5 Å². The Kier molecular flexibility index (Phi) is 4.65. The highest BCUT2D eigenvalue weighted by atomic mass is 35.5. The lowest BCUT2D eigenvalue weighted by atomic mass is 10.0. The lowest BCUT2D eigenvalue weighted by molar-refractivity contribution is -0.141. The van der Waals surface area contributed by atoms with E-state index in [1.807, 2.05) is 18.2 Å². The fourth-order valence-corrected chi connectivity index (χ4v) is 2.90. The van der Waals surface area contributed by atoms with Gasteiger partial charge in [0, 0.05) is 24.5 Å². The van der Waals surface area contributed by atoms with Crippen molar-refractivity contribution < 1.29 is 14.7 Å². The van der Waals surface area contributed by atoms with Crippen molar-refractivity contribution in [2.45, 2.75) is 25.8 Å². The third kappa shape index (κ3) is 3.31. The van der Waals surface area contributed by atoms with E-state index in [0.29, 0.717) is 30.8 Å². The van der Waals surface area contributed by atoms with Crippen molar-refractivity contribution in [2.75, 3.05) is 7.05 Å². The van der Waals surface area contributed by atoms with Gasteiger partial charge in [-0.1, -0.05) is 29.8 Å². The van der Waals surface area contributed by atoms with Crippen molar-refractivity contribution in [3.8, 4) is 0 Å². The van der Waals surface area contributed by atoms with Crippen LogP contribution < -0.4 is 0 Å². The van der Waals surface area contributed by atoms with E-state index in [4.69, 9.17) is 16.7 Å². The van der Waals surface area contributed by atoms with E-state index in [9.17, 15) is 9.59 Å². The second kappa shape index (κ2) is 6.27. The molecule has 1 fully saturated rings. The number of amides is 1. The molecule has 0 saturated heterocycles. The summed E-state index contributed by atoms with van der Waals surface area (Å²) in [6, 6.07) is 7.42. The van der Waals surface area contributed by atoms with Crippen molar-refractivity contribution in [2.24, 2.45) is 11.8 Å². The second-order valence-electron chi connectivity index (χ2n) is 5.33. The van der Waals surface area contributed by atoms with Crippen LogP contribution in [0.15, 0.2) is 24.3 Å². The summed E-state index contributed by atoms with van der Waals surface area (Å²) in [6.07, 6.45) is 1.69. The van der Waals surface area contributed by atoms with Gasteiger partial charge in [0.15, 0.2) is 0 Å². The molecule has 2 rings (SSSR count). The van der Waals surface area contributed by atoms with Gasteiger partial charge in [-0.15, -0.1) is 0 Å². The number of halogens is 1. The van der Waals surface area contributed by atoms with E-state index in [0.717, 1.165) is 5.56 Å². The van der Waals surface area contributed by atoms with E-state index in [2.05, 4.69) is 0 Å². The molecule has 1 aromatic carbocycles. The number of carbonyl (C=O) groups is 2. The summed E-state index contributed by atoms with van der Waals surface area (Å²) < 4.78 is 0. The minimum atomic E-state index is -0.797. The third-order valence-corrected chi connectivity index (χ3v) is 4.24. The van der Waals surface area contributed by atoms with Crippen LogP contribution in [0, 0.1) is 11.8 Å². The molecule has 0 heterocycles. The molecule has 1 saturated carbocycles. The zero-order valence-electron chi connectivity index (χ0n) is 11.4. The van der Waals surface area contributed by atoms with Gasteiger partial charge >= 0.3 is 5.97 Å². The minimum Gasteiger partial charge on any atom is -0.481 e. The molecule has 0 spiro atoms.